The van der Waals surface area contributed by atoms with Crippen LogP contribution in [0.1, 0.15) is 13.8 Å². The largest absolute Gasteiger partial charge is 0.346 e. The number of carbonyl (C=O) groups is 2. The number of hydrogen-bond donors (Lipinski definition) is 3. The summed E-state index contributed by atoms with van der Waals surface area (Å²) < 4.78 is 25.1. The Kier molecular flexibility index (Phi) is 7.74. The predicted octanol–water partition coefficient (Wildman–Crippen LogP) is 2.69. The third kappa shape index (κ3) is 6.32. The summed E-state index contributed by atoms with van der Waals surface area (Å²) in [5.41, 5.74) is 5.81. The summed E-state index contributed by atoms with van der Waals surface area (Å²) in [5, 5.41) is 4.95. The van der Waals surface area contributed by atoms with Crippen molar-refractivity contribution in [2.75, 3.05) is 11.9 Å². The van der Waals surface area contributed by atoms with Gasteiger partial charge in [-0.25, -0.2) is 0 Å². The van der Waals surface area contributed by atoms with E-state index in [0.29, 0.717) is 0 Å². The summed E-state index contributed by atoms with van der Waals surface area (Å²) in [4.78, 5) is 23.6. The number of halogens is 3. The molecule has 0 saturated heterocycles. The van der Waals surface area contributed by atoms with Crippen LogP contribution in [0.15, 0.2) is 23.1 Å². The van der Waals surface area contributed by atoms with E-state index in [4.69, 9.17) is 17.3 Å². The second-order valence-electron chi connectivity index (χ2n) is 5.03. The number of nitrogens with two attached hydrogens (primary N) is 1. The van der Waals surface area contributed by atoms with Gasteiger partial charge in [0.2, 0.25) is 11.8 Å². The zero-order valence-corrected chi connectivity index (χ0v) is 14.2. The Morgan fingerprint density at radius 1 is 1.35 bits per heavy atom. The average Bonchev–Trinajstić information content (AvgIpc) is 2.47. The van der Waals surface area contributed by atoms with Crippen LogP contribution in [0.25, 0.3) is 0 Å². The fraction of sp³-hybridized carbons (Fsp3) is 0.429. The number of alkyl halides is 2. The summed E-state index contributed by atoms with van der Waals surface area (Å²) in [6.07, 6.45) is 0. The molecule has 23 heavy (non-hydrogen) atoms. The molecule has 0 fully saturated rings. The van der Waals surface area contributed by atoms with Gasteiger partial charge in [-0.1, -0.05) is 43.3 Å². The number of benzene rings is 1. The van der Waals surface area contributed by atoms with Gasteiger partial charge in [0.15, 0.2) is 0 Å². The van der Waals surface area contributed by atoms with Gasteiger partial charge in [0.05, 0.1) is 28.2 Å². The lowest BCUT2D eigenvalue weighted by molar-refractivity contribution is -0.125. The lowest BCUT2D eigenvalue weighted by Gasteiger charge is -2.16. The van der Waals surface area contributed by atoms with Gasteiger partial charge in [-0.15, -0.1) is 0 Å². The van der Waals surface area contributed by atoms with Crippen molar-refractivity contribution in [2.45, 2.75) is 30.5 Å². The molecule has 4 N–H and O–H groups in total. The molecule has 2 amide bonds. The quantitative estimate of drug-likeness (QED) is 0.649. The van der Waals surface area contributed by atoms with Crippen molar-refractivity contribution < 1.29 is 18.4 Å². The molecule has 0 spiro atoms. The van der Waals surface area contributed by atoms with E-state index in [1.807, 2.05) is 0 Å². The first-order chi connectivity index (χ1) is 10.7. The Balaban J connectivity index is 2.68. The lowest BCUT2D eigenvalue weighted by atomic mass is 10.1. The van der Waals surface area contributed by atoms with Crippen LogP contribution in [0, 0.1) is 5.92 Å². The Morgan fingerprint density at radius 3 is 2.57 bits per heavy atom. The van der Waals surface area contributed by atoms with Crippen molar-refractivity contribution in [1.29, 1.82) is 0 Å². The molecule has 0 aliphatic rings. The molecule has 0 saturated carbocycles. The van der Waals surface area contributed by atoms with Gasteiger partial charge in [-0.05, 0) is 18.1 Å². The number of thioether (sulfide) groups is 1. The van der Waals surface area contributed by atoms with Crippen LogP contribution in [0.4, 0.5) is 14.5 Å². The van der Waals surface area contributed by atoms with E-state index < -0.39 is 23.6 Å². The normalized spacial score (nSPS) is 12.3. The van der Waals surface area contributed by atoms with Crippen LogP contribution in [0.3, 0.4) is 0 Å². The van der Waals surface area contributed by atoms with Crippen LogP contribution in [-0.4, -0.2) is 30.2 Å². The Morgan fingerprint density at radius 2 is 2.00 bits per heavy atom. The highest BCUT2D eigenvalue weighted by Crippen LogP contribution is 2.37. The first kappa shape index (κ1) is 19.7. The highest BCUT2D eigenvalue weighted by atomic mass is 35.5. The van der Waals surface area contributed by atoms with Crippen LogP contribution in [0.5, 0.6) is 0 Å². The highest BCUT2D eigenvalue weighted by molar-refractivity contribution is 7.99. The summed E-state index contributed by atoms with van der Waals surface area (Å²) in [5.74, 6) is -3.76. The molecule has 0 unspecified atom stereocenters. The van der Waals surface area contributed by atoms with Gasteiger partial charge < -0.3 is 16.4 Å². The maximum atomic E-state index is 12.6. The minimum atomic E-state index is -2.67. The van der Waals surface area contributed by atoms with E-state index >= 15 is 0 Å². The van der Waals surface area contributed by atoms with E-state index in [-0.39, 0.29) is 39.8 Å². The molecule has 5 nitrogen and oxygen atoms in total. The molecule has 1 aromatic carbocycles. The number of anilines is 1. The van der Waals surface area contributed by atoms with Crippen LogP contribution >= 0.6 is 23.4 Å². The maximum absolute atomic E-state index is 12.6. The van der Waals surface area contributed by atoms with E-state index in [0.717, 1.165) is 0 Å². The summed E-state index contributed by atoms with van der Waals surface area (Å²) in [7, 11) is 0. The molecule has 0 aromatic heterocycles. The summed E-state index contributed by atoms with van der Waals surface area (Å²) >= 11 is 6.11. The lowest BCUT2D eigenvalue weighted by Crippen LogP contribution is -2.46. The molecule has 128 valence electrons. The predicted molar refractivity (Wildman–Crippen MR) is 87.8 cm³/mol. The molecule has 1 aromatic rings. The topological polar surface area (TPSA) is 84.2 Å². The van der Waals surface area contributed by atoms with E-state index in [1.165, 1.54) is 18.2 Å². The molecule has 0 bridgehead atoms. The second kappa shape index (κ2) is 9.05. The Bertz CT molecular complexity index is 573. The van der Waals surface area contributed by atoms with Gasteiger partial charge >= 0.3 is 0 Å². The number of nitrogens with one attached hydrogen (secondary N) is 2. The molecule has 9 heteroatoms. The molecule has 0 radical (unpaired) electrons. The first-order valence-electron chi connectivity index (χ1n) is 6.78. The molecular formula is C14H18ClF2N3O2S. The third-order valence-corrected chi connectivity index (χ3v) is 4.17. The van der Waals surface area contributed by atoms with Crippen molar-refractivity contribution in [1.82, 2.24) is 5.32 Å². The first-order valence-corrected chi connectivity index (χ1v) is 8.04. The zero-order chi connectivity index (χ0) is 17.6. The van der Waals surface area contributed by atoms with Gasteiger partial charge in [0.1, 0.15) is 0 Å². The molecule has 1 atom stereocenters. The Labute approximate surface area is 142 Å². The van der Waals surface area contributed by atoms with Crippen molar-refractivity contribution in [3.05, 3.63) is 23.2 Å². The van der Waals surface area contributed by atoms with Crippen LogP contribution in [-0.2, 0) is 9.59 Å². The number of hydrogen-bond acceptors (Lipinski definition) is 4. The summed E-state index contributed by atoms with van der Waals surface area (Å²) in [6.45, 7) is 3.25. The smallest absolute Gasteiger partial charge is 0.289 e. The van der Waals surface area contributed by atoms with Crippen LogP contribution < -0.4 is 16.4 Å². The molecule has 0 aliphatic carbocycles. The number of carbonyl (C=O) groups excluding carboxylic acids is 2. The van der Waals surface area contributed by atoms with Gasteiger partial charge in [0, 0.05) is 0 Å². The maximum Gasteiger partial charge on any atom is 0.289 e. The van der Waals surface area contributed by atoms with Gasteiger partial charge in [-0.3, -0.25) is 9.59 Å². The van der Waals surface area contributed by atoms with E-state index in [1.54, 1.807) is 13.8 Å². The highest BCUT2D eigenvalue weighted by Gasteiger charge is 2.19. The van der Waals surface area contributed by atoms with Crippen molar-refractivity contribution >= 4 is 40.9 Å². The second-order valence-corrected chi connectivity index (χ2v) is 6.44. The van der Waals surface area contributed by atoms with Crippen molar-refractivity contribution in [2.24, 2.45) is 11.7 Å². The van der Waals surface area contributed by atoms with E-state index in [9.17, 15) is 18.4 Å². The molecule has 1 rings (SSSR count). The minimum absolute atomic E-state index is 0.0694. The van der Waals surface area contributed by atoms with E-state index in [2.05, 4.69) is 10.6 Å². The molecule has 0 heterocycles. The molecular weight excluding hydrogens is 348 g/mol. The van der Waals surface area contributed by atoms with Crippen molar-refractivity contribution in [3.63, 3.8) is 0 Å². The fourth-order valence-corrected chi connectivity index (χ4v) is 2.51. The standard InChI is InChI=1S/C14H18ClF2N3O2S/c1-7(2)11(18)13(22)19-6-10(21)20-9-5-3-4-8(15)12(9)23-14(16)17/h3-5,7,11,14H,6,18H2,1-2H3,(H,19,22)(H,20,21)/t11-/m0/s1. The van der Waals surface area contributed by atoms with Gasteiger partial charge in [-0.2, -0.15) is 8.78 Å². The zero-order valence-electron chi connectivity index (χ0n) is 12.6. The minimum Gasteiger partial charge on any atom is -0.346 e. The fourth-order valence-electron chi connectivity index (χ4n) is 1.60. The SMILES string of the molecule is CC(C)[C@H](N)C(=O)NCC(=O)Nc1cccc(Cl)c1SC(F)F. The summed E-state index contributed by atoms with van der Waals surface area (Å²) in [6, 6.07) is 3.71. The van der Waals surface area contributed by atoms with Crippen LogP contribution in [0.2, 0.25) is 5.02 Å². The van der Waals surface area contributed by atoms with Crippen molar-refractivity contribution in [3.8, 4) is 0 Å². The Hall–Kier alpha value is -1.38. The third-order valence-electron chi connectivity index (χ3n) is 2.89. The molecule has 0 aliphatic heterocycles. The monoisotopic (exact) mass is 365 g/mol. The van der Waals surface area contributed by atoms with Gasteiger partial charge in [0.25, 0.3) is 5.76 Å². The number of rotatable bonds is 7. The average molecular weight is 366 g/mol. The number of amides is 2.